The van der Waals surface area contributed by atoms with Gasteiger partial charge in [0.05, 0.1) is 19.2 Å². The molecule has 0 aromatic rings. The van der Waals surface area contributed by atoms with Gasteiger partial charge in [-0.25, -0.2) is 9.59 Å². The number of amides is 2. The maximum Gasteiger partial charge on any atom is 0.326 e. The highest BCUT2D eigenvalue weighted by Gasteiger charge is 2.36. The maximum atomic E-state index is 12.2. The van der Waals surface area contributed by atoms with Crippen LogP contribution < -0.4 is 5.32 Å². The first-order chi connectivity index (χ1) is 11.1. The molecule has 2 fully saturated rings. The van der Waals surface area contributed by atoms with Crippen LogP contribution in [0.25, 0.3) is 0 Å². The summed E-state index contributed by atoms with van der Waals surface area (Å²) in [5.41, 5.74) is 0. The summed E-state index contributed by atoms with van der Waals surface area (Å²) in [6.45, 7) is 5.41. The van der Waals surface area contributed by atoms with Gasteiger partial charge in [-0.1, -0.05) is 25.3 Å². The number of rotatable bonds is 8. The highest BCUT2D eigenvalue weighted by molar-refractivity contribution is 5.83. The standard InChI is InChI=1S/C17H28N2O4/c1-2-3-7-10-23-14-11-19(12-14)17(22)18-15(16(20)21)13-8-5-4-6-9-13/h2,13-15H,1,3-12H2,(H,18,22)(H,20,21)/t15-/m0/s1. The molecule has 1 saturated heterocycles. The first-order valence-corrected chi connectivity index (χ1v) is 8.62. The smallest absolute Gasteiger partial charge is 0.326 e. The van der Waals surface area contributed by atoms with E-state index in [1.54, 1.807) is 4.90 Å². The summed E-state index contributed by atoms with van der Waals surface area (Å²) in [7, 11) is 0. The zero-order valence-corrected chi connectivity index (χ0v) is 13.7. The molecule has 2 N–H and O–H groups in total. The molecule has 130 valence electrons. The molecule has 0 spiro atoms. The Morgan fingerprint density at radius 1 is 1.30 bits per heavy atom. The van der Waals surface area contributed by atoms with Crippen LogP contribution in [0.3, 0.4) is 0 Å². The Bertz CT molecular complexity index is 415. The van der Waals surface area contributed by atoms with Crippen molar-refractivity contribution in [1.29, 1.82) is 0 Å². The molecule has 1 aliphatic heterocycles. The van der Waals surface area contributed by atoms with E-state index in [1.165, 1.54) is 0 Å². The predicted molar refractivity (Wildman–Crippen MR) is 87.3 cm³/mol. The van der Waals surface area contributed by atoms with Gasteiger partial charge in [0.25, 0.3) is 0 Å². The van der Waals surface area contributed by atoms with Crippen LogP contribution in [0, 0.1) is 5.92 Å². The average Bonchev–Trinajstić information content (AvgIpc) is 2.51. The van der Waals surface area contributed by atoms with Gasteiger partial charge < -0.3 is 20.1 Å². The topological polar surface area (TPSA) is 78.9 Å². The van der Waals surface area contributed by atoms with Crippen molar-refractivity contribution in [2.24, 2.45) is 5.92 Å². The second-order valence-corrected chi connectivity index (χ2v) is 6.49. The Balaban J connectivity index is 1.71. The highest BCUT2D eigenvalue weighted by Crippen LogP contribution is 2.27. The third kappa shape index (κ3) is 5.23. The zero-order valence-electron chi connectivity index (χ0n) is 13.7. The molecule has 1 saturated carbocycles. The summed E-state index contributed by atoms with van der Waals surface area (Å²) < 4.78 is 5.64. The van der Waals surface area contributed by atoms with Gasteiger partial charge in [0.2, 0.25) is 0 Å². The molecule has 0 unspecified atom stereocenters. The van der Waals surface area contributed by atoms with Crippen molar-refractivity contribution in [2.45, 2.75) is 57.1 Å². The fourth-order valence-corrected chi connectivity index (χ4v) is 3.26. The first kappa shape index (κ1) is 17.8. The summed E-state index contributed by atoms with van der Waals surface area (Å²) in [5, 5.41) is 12.1. The first-order valence-electron chi connectivity index (χ1n) is 8.62. The molecule has 2 rings (SSSR count). The molecular weight excluding hydrogens is 296 g/mol. The normalized spacial score (nSPS) is 20.6. The fourth-order valence-electron chi connectivity index (χ4n) is 3.26. The van der Waals surface area contributed by atoms with Crippen molar-refractivity contribution < 1.29 is 19.4 Å². The summed E-state index contributed by atoms with van der Waals surface area (Å²) in [4.78, 5) is 25.3. The van der Waals surface area contributed by atoms with Gasteiger partial charge in [-0.15, -0.1) is 6.58 Å². The quantitative estimate of drug-likeness (QED) is 0.531. The molecule has 0 bridgehead atoms. The van der Waals surface area contributed by atoms with E-state index in [0.717, 1.165) is 44.9 Å². The Kier molecular flexibility index (Phi) is 6.89. The molecule has 23 heavy (non-hydrogen) atoms. The van der Waals surface area contributed by atoms with Crippen molar-refractivity contribution in [3.05, 3.63) is 12.7 Å². The monoisotopic (exact) mass is 324 g/mol. The SMILES string of the molecule is C=CCCCOC1CN(C(=O)N[C@H](C(=O)O)C2CCCCC2)C1. The second kappa shape index (κ2) is 8.91. The highest BCUT2D eigenvalue weighted by atomic mass is 16.5. The number of aliphatic carboxylic acids is 1. The van der Waals surface area contributed by atoms with Gasteiger partial charge >= 0.3 is 12.0 Å². The summed E-state index contributed by atoms with van der Waals surface area (Å²) in [6.07, 6.45) is 8.83. The molecule has 2 amide bonds. The summed E-state index contributed by atoms with van der Waals surface area (Å²) in [5.74, 6) is -0.875. The molecule has 0 aromatic carbocycles. The molecule has 1 atom stereocenters. The van der Waals surface area contributed by atoms with Crippen LogP contribution in [0.4, 0.5) is 4.79 Å². The maximum absolute atomic E-state index is 12.2. The van der Waals surface area contributed by atoms with Crippen LogP contribution in [0.5, 0.6) is 0 Å². The molecule has 6 heteroatoms. The zero-order chi connectivity index (χ0) is 16.7. The number of allylic oxidation sites excluding steroid dienone is 1. The van der Waals surface area contributed by atoms with Gasteiger partial charge in [-0.3, -0.25) is 0 Å². The van der Waals surface area contributed by atoms with Crippen molar-refractivity contribution in [1.82, 2.24) is 10.2 Å². The lowest BCUT2D eigenvalue weighted by molar-refractivity contribution is -0.141. The van der Waals surface area contributed by atoms with E-state index in [0.29, 0.717) is 19.7 Å². The van der Waals surface area contributed by atoms with Crippen molar-refractivity contribution in [2.75, 3.05) is 19.7 Å². The van der Waals surface area contributed by atoms with Crippen LogP contribution in [0.15, 0.2) is 12.7 Å². The number of ether oxygens (including phenoxy) is 1. The van der Waals surface area contributed by atoms with Crippen LogP contribution in [-0.2, 0) is 9.53 Å². The average molecular weight is 324 g/mol. The van der Waals surface area contributed by atoms with Crippen molar-refractivity contribution in [3.63, 3.8) is 0 Å². The molecule has 2 aliphatic rings. The number of carboxylic acids is 1. The van der Waals surface area contributed by atoms with Gasteiger partial charge in [-0.05, 0) is 31.6 Å². The summed E-state index contributed by atoms with van der Waals surface area (Å²) in [6, 6.07) is -1.05. The van der Waals surface area contributed by atoms with Crippen LogP contribution >= 0.6 is 0 Å². The number of hydrogen-bond acceptors (Lipinski definition) is 3. The Labute approximate surface area is 137 Å². The van der Waals surface area contributed by atoms with Crippen LogP contribution in [0.1, 0.15) is 44.9 Å². The lowest BCUT2D eigenvalue weighted by Crippen LogP contribution is -2.60. The van der Waals surface area contributed by atoms with Gasteiger partial charge in [0.1, 0.15) is 6.04 Å². The van der Waals surface area contributed by atoms with Gasteiger partial charge in [0.15, 0.2) is 0 Å². The minimum atomic E-state index is -0.928. The number of unbranched alkanes of at least 4 members (excludes halogenated alkanes) is 1. The van der Waals surface area contributed by atoms with Crippen LogP contribution in [0.2, 0.25) is 0 Å². The largest absolute Gasteiger partial charge is 0.480 e. The van der Waals surface area contributed by atoms with E-state index in [4.69, 9.17) is 4.74 Å². The number of carbonyl (C=O) groups is 2. The van der Waals surface area contributed by atoms with Gasteiger partial charge in [-0.2, -0.15) is 0 Å². The van der Waals surface area contributed by atoms with Crippen LogP contribution in [-0.4, -0.2) is 53.8 Å². The lowest BCUT2D eigenvalue weighted by Gasteiger charge is -2.40. The van der Waals surface area contributed by atoms with E-state index in [-0.39, 0.29) is 18.1 Å². The van der Waals surface area contributed by atoms with Crippen molar-refractivity contribution in [3.8, 4) is 0 Å². The Morgan fingerprint density at radius 2 is 2.00 bits per heavy atom. The minimum Gasteiger partial charge on any atom is -0.480 e. The van der Waals surface area contributed by atoms with E-state index < -0.39 is 12.0 Å². The number of carboxylic acid groups (broad SMARTS) is 1. The number of nitrogens with one attached hydrogen (secondary N) is 1. The molecule has 6 nitrogen and oxygen atoms in total. The minimum absolute atomic E-state index is 0.0532. The predicted octanol–water partition coefficient (Wildman–Crippen LogP) is 2.40. The number of hydrogen-bond donors (Lipinski definition) is 2. The molecule has 0 aromatic heterocycles. The molecular formula is C17H28N2O4. The lowest BCUT2D eigenvalue weighted by atomic mass is 9.84. The van der Waals surface area contributed by atoms with Crippen molar-refractivity contribution >= 4 is 12.0 Å². The molecule has 1 heterocycles. The number of urea groups is 1. The van der Waals surface area contributed by atoms with E-state index in [2.05, 4.69) is 11.9 Å². The van der Waals surface area contributed by atoms with E-state index in [9.17, 15) is 14.7 Å². The third-order valence-electron chi connectivity index (χ3n) is 4.71. The van der Waals surface area contributed by atoms with E-state index >= 15 is 0 Å². The molecule has 1 aliphatic carbocycles. The number of nitrogens with zero attached hydrogens (tertiary/aromatic N) is 1. The van der Waals surface area contributed by atoms with E-state index in [1.807, 2.05) is 6.08 Å². The number of carbonyl (C=O) groups excluding carboxylic acids is 1. The third-order valence-corrected chi connectivity index (χ3v) is 4.71. The molecule has 0 radical (unpaired) electrons. The van der Waals surface area contributed by atoms with Gasteiger partial charge in [0, 0.05) is 6.61 Å². The fraction of sp³-hybridized carbons (Fsp3) is 0.765. The summed E-state index contributed by atoms with van der Waals surface area (Å²) >= 11 is 0. The Hall–Kier alpha value is -1.56. The second-order valence-electron chi connectivity index (χ2n) is 6.49. The Morgan fingerprint density at radius 3 is 2.61 bits per heavy atom. The number of likely N-dealkylation sites (tertiary alicyclic amines) is 1.